The molecule has 0 aliphatic heterocycles. The predicted octanol–water partition coefficient (Wildman–Crippen LogP) is 2.07. The second-order valence-corrected chi connectivity index (χ2v) is 4.19. The number of benzene rings is 1. The van der Waals surface area contributed by atoms with Crippen molar-refractivity contribution in [1.82, 2.24) is 9.97 Å². The van der Waals surface area contributed by atoms with Gasteiger partial charge < -0.3 is 14.5 Å². The van der Waals surface area contributed by atoms with Crippen LogP contribution in [0.15, 0.2) is 23.0 Å². The van der Waals surface area contributed by atoms with Crippen LogP contribution in [0.2, 0.25) is 0 Å². The van der Waals surface area contributed by atoms with E-state index in [0.29, 0.717) is 28.6 Å². The van der Waals surface area contributed by atoms with Crippen molar-refractivity contribution in [1.29, 1.82) is 0 Å². The van der Waals surface area contributed by atoms with E-state index in [1.54, 1.807) is 34.1 Å². The van der Waals surface area contributed by atoms with E-state index in [1.165, 1.54) is 0 Å². The molecule has 100 valence electrons. The summed E-state index contributed by atoms with van der Waals surface area (Å²) in [6.07, 6.45) is 0. The molecule has 0 aliphatic carbocycles. The third-order valence-corrected chi connectivity index (χ3v) is 2.93. The Bertz CT molecular complexity index is 662. The van der Waals surface area contributed by atoms with E-state index in [0.717, 1.165) is 5.56 Å². The lowest BCUT2D eigenvalue weighted by molar-refractivity contribution is 0.395. The number of hydrogen-bond donors (Lipinski definition) is 1. The van der Waals surface area contributed by atoms with Gasteiger partial charge in [-0.05, 0) is 26.0 Å². The first-order valence-corrected chi connectivity index (χ1v) is 5.86. The van der Waals surface area contributed by atoms with Crippen molar-refractivity contribution in [2.45, 2.75) is 13.8 Å². The van der Waals surface area contributed by atoms with E-state index in [4.69, 9.17) is 9.47 Å². The lowest BCUT2D eigenvalue weighted by Gasteiger charge is -2.11. The molecule has 0 atom stereocenters. The summed E-state index contributed by atoms with van der Waals surface area (Å²) >= 11 is 0. The lowest BCUT2D eigenvalue weighted by Crippen LogP contribution is -2.14. The van der Waals surface area contributed by atoms with Gasteiger partial charge in [-0.1, -0.05) is 0 Å². The van der Waals surface area contributed by atoms with Crippen molar-refractivity contribution in [3.63, 3.8) is 0 Å². The van der Waals surface area contributed by atoms with Gasteiger partial charge in [0.2, 0.25) is 0 Å². The van der Waals surface area contributed by atoms with Gasteiger partial charge in [0, 0.05) is 17.2 Å². The second kappa shape index (κ2) is 5.14. The maximum absolute atomic E-state index is 11.8. The van der Waals surface area contributed by atoms with E-state index in [9.17, 15) is 4.79 Å². The highest BCUT2D eigenvalue weighted by Crippen LogP contribution is 2.32. The van der Waals surface area contributed by atoms with E-state index in [1.807, 2.05) is 12.1 Å². The molecule has 0 aliphatic rings. The van der Waals surface area contributed by atoms with Crippen LogP contribution in [0.3, 0.4) is 0 Å². The van der Waals surface area contributed by atoms with Crippen molar-refractivity contribution in [3.8, 4) is 22.8 Å². The normalized spacial score (nSPS) is 10.3. The molecule has 0 spiro atoms. The second-order valence-electron chi connectivity index (χ2n) is 4.19. The highest BCUT2D eigenvalue weighted by atomic mass is 16.5. The van der Waals surface area contributed by atoms with Gasteiger partial charge in [-0.2, -0.15) is 0 Å². The van der Waals surface area contributed by atoms with Crippen molar-refractivity contribution >= 4 is 0 Å². The maximum atomic E-state index is 11.8. The topological polar surface area (TPSA) is 64.2 Å². The first kappa shape index (κ1) is 13.1. The summed E-state index contributed by atoms with van der Waals surface area (Å²) in [4.78, 5) is 18.9. The fraction of sp³-hybridized carbons (Fsp3) is 0.286. The number of aromatic amines is 1. The number of aryl methyl sites for hydroxylation is 1. The molecule has 0 fully saturated rings. The Kier molecular flexibility index (Phi) is 3.55. The Morgan fingerprint density at radius 3 is 2.53 bits per heavy atom. The molecule has 0 saturated heterocycles. The molecular formula is C14H16N2O3. The van der Waals surface area contributed by atoms with Crippen LogP contribution >= 0.6 is 0 Å². The maximum Gasteiger partial charge on any atom is 0.254 e. The van der Waals surface area contributed by atoms with Crippen LogP contribution in [0.1, 0.15) is 11.4 Å². The monoisotopic (exact) mass is 260 g/mol. The summed E-state index contributed by atoms with van der Waals surface area (Å²) in [6.45, 7) is 3.49. The van der Waals surface area contributed by atoms with Gasteiger partial charge in [-0.15, -0.1) is 0 Å². The van der Waals surface area contributed by atoms with Gasteiger partial charge in [-0.3, -0.25) is 4.79 Å². The summed E-state index contributed by atoms with van der Waals surface area (Å²) in [5.41, 5.74) is 1.82. The predicted molar refractivity (Wildman–Crippen MR) is 72.9 cm³/mol. The molecule has 0 radical (unpaired) electrons. The molecule has 1 N–H and O–H groups in total. The molecule has 5 heteroatoms. The number of nitrogens with one attached hydrogen (secondary N) is 1. The Balaban J connectivity index is 2.68. The van der Waals surface area contributed by atoms with Crippen LogP contribution in [0.5, 0.6) is 11.5 Å². The first-order chi connectivity index (χ1) is 9.06. The van der Waals surface area contributed by atoms with Crippen molar-refractivity contribution in [3.05, 3.63) is 39.9 Å². The van der Waals surface area contributed by atoms with Crippen molar-refractivity contribution in [2.75, 3.05) is 14.2 Å². The van der Waals surface area contributed by atoms with Gasteiger partial charge in [0.25, 0.3) is 5.56 Å². The number of aromatic nitrogens is 2. The minimum Gasteiger partial charge on any atom is -0.497 e. The Morgan fingerprint density at radius 1 is 1.16 bits per heavy atom. The molecule has 2 rings (SSSR count). The number of hydrogen-bond acceptors (Lipinski definition) is 4. The first-order valence-electron chi connectivity index (χ1n) is 5.86. The minimum absolute atomic E-state index is 0.139. The van der Waals surface area contributed by atoms with E-state index < -0.39 is 0 Å². The number of nitrogens with zero attached hydrogens (tertiary/aromatic N) is 1. The van der Waals surface area contributed by atoms with Crippen LogP contribution < -0.4 is 15.0 Å². The molecule has 5 nitrogen and oxygen atoms in total. The number of methoxy groups -OCH3 is 2. The van der Waals surface area contributed by atoms with Crippen LogP contribution in [0.4, 0.5) is 0 Å². The van der Waals surface area contributed by atoms with Crippen LogP contribution in [-0.2, 0) is 0 Å². The van der Waals surface area contributed by atoms with E-state index in [2.05, 4.69) is 9.97 Å². The van der Waals surface area contributed by atoms with Crippen LogP contribution in [0, 0.1) is 13.8 Å². The van der Waals surface area contributed by atoms with Gasteiger partial charge in [0.1, 0.15) is 17.3 Å². The van der Waals surface area contributed by atoms with E-state index in [-0.39, 0.29) is 5.56 Å². The summed E-state index contributed by atoms with van der Waals surface area (Å²) < 4.78 is 10.5. The van der Waals surface area contributed by atoms with Gasteiger partial charge in [0.05, 0.1) is 19.9 Å². The minimum atomic E-state index is -0.139. The highest BCUT2D eigenvalue weighted by Gasteiger charge is 2.13. The third kappa shape index (κ3) is 2.45. The largest absolute Gasteiger partial charge is 0.497 e. The SMILES string of the molecule is COc1ccc(-c2nc(C)[nH]c(=O)c2C)c(OC)c1. The summed E-state index contributed by atoms with van der Waals surface area (Å²) in [5.74, 6) is 1.89. The zero-order valence-electron chi connectivity index (χ0n) is 11.4. The van der Waals surface area contributed by atoms with Crippen molar-refractivity contribution < 1.29 is 9.47 Å². The van der Waals surface area contributed by atoms with Gasteiger partial charge in [0.15, 0.2) is 0 Å². The number of rotatable bonds is 3. The lowest BCUT2D eigenvalue weighted by atomic mass is 10.1. The molecule has 2 aromatic rings. The third-order valence-electron chi connectivity index (χ3n) is 2.93. The zero-order valence-corrected chi connectivity index (χ0v) is 11.4. The Hall–Kier alpha value is -2.30. The number of H-pyrrole nitrogens is 1. The fourth-order valence-electron chi connectivity index (χ4n) is 1.90. The Labute approximate surface area is 111 Å². The van der Waals surface area contributed by atoms with Crippen LogP contribution in [-0.4, -0.2) is 24.2 Å². The van der Waals surface area contributed by atoms with Crippen LogP contribution in [0.25, 0.3) is 11.3 Å². The average molecular weight is 260 g/mol. The summed E-state index contributed by atoms with van der Waals surface area (Å²) in [7, 11) is 3.17. The molecule has 1 aromatic carbocycles. The fourth-order valence-corrected chi connectivity index (χ4v) is 1.90. The number of ether oxygens (including phenoxy) is 2. The average Bonchev–Trinajstić information content (AvgIpc) is 2.42. The molecule has 0 saturated carbocycles. The molecule has 0 unspecified atom stereocenters. The molecule has 0 amide bonds. The molecule has 0 bridgehead atoms. The van der Waals surface area contributed by atoms with Crippen molar-refractivity contribution in [2.24, 2.45) is 0 Å². The quantitative estimate of drug-likeness (QED) is 0.917. The van der Waals surface area contributed by atoms with Gasteiger partial charge >= 0.3 is 0 Å². The standard InChI is InChI=1S/C14H16N2O3/c1-8-13(15-9(2)16-14(8)17)11-6-5-10(18-3)7-12(11)19-4/h5-7H,1-4H3,(H,15,16,17). The Morgan fingerprint density at radius 2 is 1.89 bits per heavy atom. The summed E-state index contributed by atoms with van der Waals surface area (Å²) in [6, 6.07) is 5.42. The van der Waals surface area contributed by atoms with Gasteiger partial charge in [-0.25, -0.2) is 4.98 Å². The highest BCUT2D eigenvalue weighted by molar-refractivity contribution is 5.70. The van der Waals surface area contributed by atoms with E-state index >= 15 is 0 Å². The smallest absolute Gasteiger partial charge is 0.254 e. The molecule has 1 heterocycles. The molecule has 1 aromatic heterocycles. The molecule has 19 heavy (non-hydrogen) atoms. The zero-order chi connectivity index (χ0) is 14.0. The summed E-state index contributed by atoms with van der Waals surface area (Å²) in [5, 5.41) is 0. The molecular weight excluding hydrogens is 244 g/mol.